The summed E-state index contributed by atoms with van der Waals surface area (Å²) in [6.45, 7) is 0. The first kappa shape index (κ1) is 16.3. The number of benzene rings is 2. The van der Waals surface area contributed by atoms with Gasteiger partial charge >= 0.3 is 0 Å². The van der Waals surface area contributed by atoms with Crippen molar-refractivity contribution in [3.05, 3.63) is 52.9 Å². The van der Waals surface area contributed by atoms with Gasteiger partial charge in [-0.25, -0.2) is 0 Å². The van der Waals surface area contributed by atoms with Crippen molar-refractivity contribution >= 4 is 82.0 Å². The average Bonchev–Trinajstić information content (AvgIpc) is 2.36. The molecule has 0 radical (unpaired) electrons. The number of amides is 1. The molecule has 0 aromatic heterocycles. The molecule has 20 heavy (non-hydrogen) atoms. The molecule has 7 heteroatoms. The van der Waals surface area contributed by atoms with Crippen molar-refractivity contribution in [1.82, 2.24) is 0 Å². The van der Waals surface area contributed by atoms with E-state index in [0.717, 1.165) is 13.4 Å². The minimum absolute atomic E-state index is 0.0900. The maximum Gasteiger partial charge on any atom is 0.255 e. The molecule has 0 heterocycles. The van der Waals surface area contributed by atoms with Gasteiger partial charge in [0.05, 0.1) is 9.26 Å². The van der Waals surface area contributed by atoms with Gasteiger partial charge in [-0.05, 0) is 84.8 Å². The van der Waals surface area contributed by atoms with Crippen LogP contribution in [-0.2, 0) is 0 Å². The Labute approximate surface area is 154 Å². The van der Waals surface area contributed by atoms with Crippen LogP contribution in [0.4, 0.5) is 5.69 Å². The third kappa shape index (κ3) is 3.75. The first-order valence-corrected chi connectivity index (χ1v) is 8.78. The van der Waals surface area contributed by atoms with Crippen molar-refractivity contribution in [2.45, 2.75) is 0 Å². The molecule has 0 unspecified atom stereocenters. The fraction of sp³-hybridized carbons (Fsp3) is 0. The molecule has 1 amide bonds. The number of phenolic OH excluding ortho intramolecular Hbond substituents is 1. The summed E-state index contributed by atoms with van der Waals surface area (Å²) >= 11 is 12.2. The quantitative estimate of drug-likeness (QED) is 0.463. The van der Waals surface area contributed by atoms with E-state index in [9.17, 15) is 9.90 Å². The molecule has 2 rings (SSSR count). The van der Waals surface area contributed by atoms with Gasteiger partial charge in [0.15, 0.2) is 0 Å². The fourth-order valence-electron chi connectivity index (χ4n) is 1.50. The van der Waals surface area contributed by atoms with Crippen molar-refractivity contribution in [2.24, 2.45) is 0 Å². The summed E-state index contributed by atoms with van der Waals surface area (Å²) < 4.78 is 3.09. The second kappa shape index (κ2) is 6.76. The molecule has 0 fully saturated rings. The van der Waals surface area contributed by atoms with E-state index < -0.39 is 0 Å². The molecule has 2 aromatic rings. The zero-order valence-electron chi connectivity index (χ0n) is 9.75. The molecule has 104 valence electrons. The number of anilines is 1. The summed E-state index contributed by atoms with van der Waals surface area (Å²) in [6.07, 6.45) is 0. The molecule has 2 N–H and O–H groups in total. The Balaban J connectivity index is 2.30. The van der Waals surface area contributed by atoms with Crippen LogP contribution in [0.1, 0.15) is 10.4 Å². The molecule has 0 aliphatic carbocycles. The summed E-state index contributed by atoms with van der Waals surface area (Å²) in [6, 6.07) is 8.48. The summed E-state index contributed by atoms with van der Waals surface area (Å²) in [5.74, 6) is -0.201. The molecule has 2 aromatic carbocycles. The topological polar surface area (TPSA) is 49.3 Å². The lowest BCUT2D eigenvalue weighted by molar-refractivity contribution is 0.102. The first-order valence-electron chi connectivity index (χ1n) is 5.33. The van der Waals surface area contributed by atoms with Gasteiger partial charge < -0.3 is 10.4 Å². The number of aromatic hydroxyl groups is 1. The van der Waals surface area contributed by atoms with Gasteiger partial charge in [-0.2, -0.15) is 0 Å². The van der Waals surface area contributed by atoms with E-state index in [2.05, 4.69) is 53.1 Å². The summed E-state index contributed by atoms with van der Waals surface area (Å²) in [4.78, 5) is 12.2. The van der Waals surface area contributed by atoms with E-state index in [1.54, 1.807) is 12.1 Å². The minimum atomic E-state index is -0.291. The Morgan fingerprint density at radius 1 is 1.10 bits per heavy atom. The molecule has 0 aliphatic rings. The first-order chi connectivity index (χ1) is 9.38. The smallest absolute Gasteiger partial charge is 0.255 e. The van der Waals surface area contributed by atoms with Crippen molar-refractivity contribution in [3.63, 3.8) is 0 Å². The van der Waals surface area contributed by atoms with Crippen LogP contribution in [0.25, 0.3) is 0 Å². The van der Waals surface area contributed by atoms with Crippen LogP contribution in [0.3, 0.4) is 0 Å². The van der Waals surface area contributed by atoms with Gasteiger partial charge in [0.2, 0.25) is 0 Å². The largest absolute Gasteiger partial charge is 0.507 e. The van der Waals surface area contributed by atoms with E-state index in [1.165, 1.54) is 6.07 Å². The van der Waals surface area contributed by atoms with E-state index >= 15 is 0 Å². The lowest BCUT2D eigenvalue weighted by Crippen LogP contribution is -2.12. The van der Waals surface area contributed by atoms with Crippen molar-refractivity contribution in [2.75, 3.05) is 5.32 Å². The predicted octanol–water partition coefficient (Wildman–Crippen LogP) is 5.54. The highest BCUT2D eigenvalue weighted by Gasteiger charge is 2.13. The Morgan fingerprint density at radius 2 is 1.70 bits per heavy atom. The molecular formula is C13H7Br3INO2. The third-order valence-corrected chi connectivity index (χ3v) is 5.07. The van der Waals surface area contributed by atoms with Gasteiger partial charge in [0, 0.05) is 19.0 Å². The van der Waals surface area contributed by atoms with E-state index in [-0.39, 0.29) is 11.7 Å². The number of hydrogen-bond donors (Lipinski definition) is 2. The van der Waals surface area contributed by atoms with Crippen LogP contribution >= 0.6 is 70.4 Å². The molecule has 0 aliphatic heterocycles. The van der Waals surface area contributed by atoms with Crippen LogP contribution in [0, 0.1) is 3.57 Å². The van der Waals surface area contributed by atoms with Crippen molar-refractivity contribution in [1.29, 1.82) is 0 Å². The Hall–Kier alpha value is -0.120. The Bertz CT molecular complexity index is 668. The summed E-state index contributed by atoms with van der Waals surface area (Å²) in [5.41, 5.74) is 1.03. The number of phenols is 1. The molecular weight excluding hydrogens is 569 g/mol. The van der Waals surface area contributed by atoms with E-state index in [4.69, 9.17) is 0 Å². The standard InChI is InChI=1S/C13H7Br3INO2/c14-7-4-8(15)12(9(16)5-7)18-13(20)6-1-2-10(17)11(19)3-6/h1-5,19H,(H,18,20). The number of halogens is 4. The van der Waals surface area contributed by atoms with Gasteiger partial charge in [0.25, 0.3) is 5.91 Å². The Morgan fingerprint density at radius 3 is 2.25 bits per heavy atom. The molecule has 0 saturated carbocycles. The highest BCUT2D eigenvalue weighted by atomic mass is 127. The molecule has 0 saturated heterocycles. The number of hydrogen-bond acceptors (Lipinski definition) is 2. The highest BCUT2D eigenvalue weighted by Crippen LogP contribution is 2.34. The maximum atomic E-state index is 12.2. The summed E-state index contributed by atoms with van der Waals surface area (Å²) in [5, 5.41) is 12.5. The molecule has 0 bridgehead atoms. The summed E-state index contributed by atoms with van der Waals surface area (Å²) in [7, 11) is 0. The molecule has 0 spiro atoms. The van der Waals surface area contributed by atoms with Crippen LogP contribution in [0.5, 0.6) is 5.75 Å². The number of rotatable bonds is 2. The molecule has 3 nitrogen and oxygen atoms in total. The number of carbonyl (C=O) groups excluding carboxylic acids is 1. The van der Waals surface area contributed by atoms with E-state index in [0.29, 0.717) is 14.8 Å². The number of carbonyl (C=O) groups is 1. The zero-order valence-corrected chi connectivity index (χ0v) is 16.7. The predicted molar refractivity (Wildman–Crippen MR) is 98.3 cm³/mol. The maximum absolute atomic E-state index is 12.2. The van der Waals surface area contributed by atoms with Crippen LogP contribution in [0.15, 0.2) is 43.7 Å². The highest BCUT2D eigenvalue weighted by molar-refractivity contribution is 14.1. The molecule has 0 atom stereocenters. The monoisotopic (exact) mass is 573 g/mol. The third-order valence-electron chi connectivity index (χ3n) is 2.45. The second-order valence-corrected chi connectivity index (χ2v) is 7.65. The van der Waals surface area contributed by atoms with Crippen molar-refractivity contribution in [3.8, 4) is 5.75 Å². The SMILES string of the molecule is O=C(Nc1c(Br)cc(Br)cc1Br)c1ccc(I)c(O)c1. The van der Waals surface area contributed by atoms with Crippen LogP contribution in [-0.4, -0.2) is 11.0 Å². The Kier molecular flexibility index (Phi) is 5.49. The second-order valence-electron chi connectivity index (χ2n) is 3.86. The van der Waals surface area contributed by atoms with E-state index in [1.807, 2.05) is 34.7 Å². The average molecular weight is 576 g/mol. The lowest BCUT2D eigenvalue weighted by Gasteiger charge is -2.11. The lowest BCUT2D eigenvalue weighted by atomic mass is 10.2. The van der Waals surface area contributed by atoms with Gasteiger partial charge in [0.1, 0.15) is 5.75 Å². The van der Waals surface area contributed by atoms with Crippen molar-refractivity contribution < 1.29 is 9.90 Å². The van der Waals surface area contributed by atoms with Crippen LogP contribution in [0.2, 0.25) is 0 Å². The minimum Gasteiger partial charge on any atom is -0.507 e. The number of nitrogens with one attached hydrogen (secondary N) is 1. The van der Waals surface area contributed by atoms with Crippen LogP contribution < -0.4 is 5.32 Å². The zero-order chi connectivity index (χ0) is 14.9. The fourth-order valence-corrected chi connectivity index (χ4v) is 4.29. The van der Waals surface area contributed by atoms with Gasteiger partial charge in [-0.1, -0.05) is 15.9 Å². The normalized spacial score (nSPS) is 10.4. The van der Waals surface area contributed by atoms with Gasteiger partial charge in [-0.15, -0.1) is 0 Å². The van der Waals surface area contributed by atoms with Gasteiger partial charge in [-0.3, -0.25) is 4.79 Å².